The fourth-order valence-corrected chi connectivity index (χ4v) is 1.89. The molecule has 0 saturated carbocycles. The third-order valence-corrected chi connectivity index (χ3v) is 2.92. The zero-order chi connectivity index (χ0) is 13.5. The molecule has 4 heteroatoms. The highest BCUT2D eigenvalue weighted by Gasteiger charge is 2.19. The van der Waals surface area contributed by atoms with E-state index in [1.165, 1.54) is 7.11 Å². The number of methoxy groups -OCH3 is 1. The van der Waals surface area contributed by atoms with Crippen LogP contribution in [-0.4, -0.2) is 31.1 Å². The van der Waals surface area contributed by atoms with Gasteiger partial charge in [-0.2, -0.15) is 5.26 Å². The lowest BCUT2D eigenvalue weighted by molar-refractivity contribution is -0.137. The largest absolute Gasteiger partial charge is 0.375 e. The summed E-state index contributed by atoms with van der Waals surface area (Å²) in [6, 6.07) is 9.35. The number of hydrogen-bond acceptors (Lipinski definition) is 3. The van der Waals surface area contributed by atoms with Crippen molar-refractivity contribution in [1.82, 2.24) is 4.90 Å². The Balaban J connectivity index is 2.86. The predicted octanol–water partition coefficient (Wildman–Crippen LogP) is 2.11. The van der Waals surface area contributed by atoms with Gasteiger partial charge in [-0.25, -0.2) is 0 Å². The lowest BCUT2D eigenvalue weighted by atomic mass is 10.0. The lowest BCUT2D eigenvalue weighted by Gasteiger charge is -2.28. The summed E-state index contributed by atoms with van der Waals surface area (Å²) in [5, 5.41) is 8.75. The van der Waals surface area contributed by atoms with Crippen LogP contribution in [0.3, 0.4) is 0 Å². The second kappa shape index (κ2) is 6.77. The predicted molar refractivity (Wildman–Crippen MR) is 68.8 cm³/mol. The first-order valence-electron chi connectivity index (χ1n) is 5.92. The van der Waals surface area contributed by atoms with Crippen LogP contribution in [-0.2, 0) is 9.53 Å². The zero-order valence-corrected chi connectivity index (χ0v) is 11.0. The average Bonchev–Trinajstić information content (AvgIpc) is 2.40. The molecule has 0 bridgehead atoms. The van der Waals surface area contributed by atoms with Crippen LogP contribution in [0.2, 0.25) is 0 Å². The number of carbonyl (C=O) groups is 1. The van der Waals surface area contributed by atoms with Gasteiger partial charge in [-0.1, -0.05) is 12.1 Å². The molecule has 96 valence electrons. The smallest absolute Gasteiger partial charge is 0.249 e. The zero-order valence-electron chi connectivity index (χ0n) is 11.0. The van der Waals surface area contributed by atoms with Crippen LogP contribution in [0.15, 0.2) is 24.3 Å². The molecule has 4 nitrogen and oxygen atoms in total. The number of likely N-dealkylation sites (N-methyl/N-ethyl adjacent to an activating group) is 1. The molecule has 1 rings (SSSR count). The molecule has 0 aromatic heterocycles. The maximum Gasteiger partial charge on any atom is 0.249 e. The number of amides is 1. The summed E-state index contributed by atoms with van der Waals surface area (Å²) in [6.07, 6.45) is 0. The lowest BCUT2D eigenvalue weighted by Crippen LogP contribution is -2.35. The van der Waals surface area contributed by atoms with Gasteiger partial charge in [0.25, 0.3) is 0 Å². The van der Waals surface area contributed by atoms with Crippen LogP contribution in [0, 0.1) is 11.3 Å². The molecule has 18 heavy (non-hydrogen) atoms. The Hall–Kier alpha value is -1.86. The summed E-state index contributed by atoms with van der Waals surface area (Å²) >= 11 is 0. The quantitative estimate of drug-likeness (QED) is 0.799. The van der Waals surface area contributed by atoms with E-state index in [1.807, 2.05) is 26.0 Å². The molecule has 0 N–H and O–H groups in total. The first kappa shape index (κ1) is 14.2. The maximum atomic E-state index is 11.9. The minimum absolute atomic E-state index is 0.0228. The number of nitriles is 1. The number of carbonyl (C=O) groups excluding carboxylic acids is 1. The van der Waals surface area contributed by atoms with E-state index in [4.69, 9.17) is 10.00 Å². The van der Waals surface area contributed by atoms with Crippen molar-refractivity contribution in [2.45, 2.75) is 19.9 Å². The Labute approximate surface area is 108 Å². The maximum absolute atomic E-state index is 11.9. The van der Waals surface area contributed by atoms with Crippen LogP contribution in [0.25, 0.3) is 0 Å². The van der Waals surface area contributed by atoms with Crippen molar-refractivity contribution in [3.05, 3.63) is 35.4 Å². The number of ether oxygens (including phenoxy) is 1. The Morgan fingerprint density at radius 2 is 2.06 bits per heavy atom. The van der Waals surface area contributed by atoms with E-state index >= 15 is 0 Å². The molecule has 1 amide bonds. The molecule has 1 aromatic rings. The molecular weight excluding hydrogens is 228 g/mol. The van der Waals surface area contributed by atoms with Crippen molar-refractivity contribution in [2.75, 3.05) is 20.3 Å². The van der Waals surface area contributed by atoms with Crippen LogP contribution >= 0.6 is 0 Å². The Morgan fingerprint density at radius 1 is 1.44 bits per heavy atom. The third kappa shape index (κ3) is 3.31. The summed E-state index contributed by atoms with van der Waals surface area (Å²) in [6.45, 7) is 4.63. The topological polar surface area (TPSA) is 53.3 Å². The van der Waals surface area contributed by atoms with Gasteiger partial charge in [0.2, 0.25) is 5.91 Å². The van der Waals surface area contributed by atoms with Crippen LogP contribution in [0.4, 0.5) is 0 Å². The monoisotopic (exact) mass is 246 g/mol. The Bertz CT molecular complexity index is 434. The van der Waals surface area contributed by atoms with Gasteiger partial charge in [0.05, 0.1) is 17.7 Å². The first-order chi connectivity index (χ1) is 8.63. The molecule has 0 saturated heterocycles. The molecule has 0 spiro atoms. The highest BCUT2D eigenvalue weighted by molar-refractivity contribution is 5.77. The normalized spacial score (nSPS) is 11.7. The molecule has 0 radical (unpaired) electrons. The SMILES string of the molecule is CCN(C(=O)COC)C(C)c1ccc(C#N)cc1. The van der Waals surface area contributed by atoms with E-state index in [0.717, 1.165) is 5.56 Å². The van der Waals surface area contributed by atoms with Crippen LogP contribution in [0.1, 0.15) is 31.0 Å². The third-order valence-electron chi connectivity index (χ3n) is 2.92. The van der Waals surface area contributed by atoms with Crippen molar-refractivity contribution in [1.29, 1.82) is 5.26 Å². The van der Waals surface area contributed by atoms with E-state index in [2.05, 4.69) is 6.07 Å². The summed E-state index contributed by atoms with van der Waals surface area (Å²) in [5.74, 6) is -0.0307. The van der Waals surface area contributed by atoms with Gasteiger partial charge < -0.3 is 9.64 Å². The Morgan fingerprint density at radius 3 is 2.50 bits per heavy atom. The van der Waals surface area contributed by atoms with Crippen LogP contribution < -0.4 is 0 Å². The first-order valence-corrected chi connectivity index (χ1v) is 5.92. The van der Waals surface area contributed by atoms with Gasteiger partial charge in [-0.15, -0.1) is 0 Å². The average molecular weight is 246 g/mol. The van der Waals surface area contributed by atoms with Crippen LogP contribution in [0.5, 0.6) is 0 Å². The molecule has 0 aliphatic heterocycles. The van der Waals surface area contributed by atoms with E-state index in [0.29, 0.717) is 12.1 Å². The highest BCUT2D eigenvalue weighted by atomic mass is 16.5. The van der Waals surface area contributed by atoms with Gasteiger partial charge in [0.1, 0.15) is 6.61 Å². The number of benzene rings is 1. The summed E-state index contributed by atoms with van der Waals surface area (Å²) in [7, 11) is 1.51. The summed E-state index contributed by atoms with van der Waals surface area (Å²) in [5.41, 5.74) is 1.64. The summed E-state index contributed by atoms with van der Waals surface area (Å²) in [4.78, 5) is 13.6. The number of hydrogen-bond donors (Lipinski definition) is 0. The van der Waals surface area contributed by atoms with Gasteiger partial charge in [-0.05, 0) is 31.5 Å². The minimum atomic E-state index is -0.0307. The molecule has 0 fully saturated rings. The number of rotatable bonds is 5. The van der Waals surface area contributed by atoms with Gasteiger partial charge >= 0.3 is 0 Å². The second-order valence-electron chi connectivity index (χ2n) is 4.02. The van der Waals surface area contributed by atoms with Crippen molar-refractivity contribution in [2.24, 2.45) is 0 Å². The molecular formula is C14H18N2O2. The molecule has 0 aliphatic carbocycles. The minimum Gasteiger partial charge on any atom is -0.375 e. The fraction of sp³-hybridized carbons (Fsp3) is 0.429. The van der Waals surface area contributed by atoms with Crippen molar-refractivity contribution < 1.29 is 9.53 Å². The van der Waals surface area contributed by atoms with E-state index < -0.39 is 0 Å². The summed E-state index contributed by atoms with van der Waals surface area (Å²) < 4.78 is 4.87. The molecule has 1 unspecified atom stereocenters. The standard InChI is InChI=1S/C14H18N2O2/c1-4-16(14(17)10-18-3)11(2)13-7-5-12(9-15)6-8-13/h5-8,11H,4,10H2,1-3H3. The molecule has 0 aliphatic rings. The van der Waals surface area contributed by atoms with E-state index in [1.54, 1.807) is 17.0 Å². The van der Waals surface area contributed by atoms with Crippen molar-refractivity contribution in [3.63, 3.8) is 0 Å². The molecule has 1 aromatic carbocycles. The van der Waals surface area contributed by atoms with Gasteiger partial charge in [-0.3, -0.25) is 4.79 Å². The van der Waals surface area contributed by atoms with Crippen molar-refractivity contribution in [3.8, 4) is 6.07 Å². The fourth-order valence-electron chi connectivity index (χ4n) is 1.89. The number of nitrogens with zero attached hydrogens (tertiary/aromatic N) is 2. The van der Waals surface area contributed by atoms with E-state index in [9.17, 15) is 4.79 Å². The second-order valence-corrected chi connectivity index (χ2v) is 4.02. The van der Waals surface area contributed by atoms with E-state index in [-0.39, 0.29) is 18.6 Å². The highest BCUT2D eigenvalue weighted by Crippen LogP contribution is 2.20. The molecule has 0 heterocycles. The Kier molecular flexibility index (Phi) is 5.34. The van der Waals surface area contributed by atoms with Crippen molar-refractivity contribution >= 4 is 5.91 Å². The van der Waals surface area contributed by atoms with Gasteiger partial charge in [0, 0.05) is 13.7 Å². The molecule has 1 atom stereocenters. The van der Waals surface area contributed by atoms with Gasteiger partial charge in [0.15, 0.2) is 0 Å².